The lowest BCUT2D eigenvalue weighted by Crippen LogP contribution is -2.41. The molecule has 0 bridgehead atoms. The van der Waals surface area contributed by atoms with Gasteiger partial charge in [-0.05, 0) is 44.4 Å². The van der Waals surface area contributed by atoms with Crippen LogP contribution >= 0.6 is 11.6 Å². The number of nitrogens with zero attached hydrogens (tertiary/aromatic N) is 4. The Morgan fingerprint density at radius 3 is 2.47 bits per heavy atom. The SMILES string of the molecule is Cc1cc(N2CCC(C(=O)N[C@@H](C)c3ccccc3)CC2)n2nc(-c3ccc(Cl)cc3)cc2n1. The largest absolute Gasteiger partial charge is 0.356 e. The third-order valence-corrected chi connectivity index (χ3v) is 6.78. The maximum atomic E-state index is 12.9. The molecule has 1 N–H and O–H groups in total. The first-order valence-corrected chi connectivity index (χ1v) is 12.1. The first kappa shape index (κ1) is 22.4. The van der Waals surface area contributed by atoms with Crippen LogP contribution in [0.5, 0.6) is 0 Å². The molecule has 3 heterocycles. The first-order chi connectivity index (χ1) is 16.5. The number of hydrogen-bond donors (Lipinski definition) is 1. The molecule has 174 valence electrons. The highest BCUT2D eigenvalue weighted by Gasteiger charge is 2.27. The van der Waals surface area contributed by atoms with Crippen LogP contribution in [-0.2, 0) is 4.79 Å². The van der Waals surface area contributed by atoms with Crippen molar-refractivity contribution in [3.05, 3.63) is 83.0 Å². The highest BCUT2D eigenvalue weighted by molar-refractivity contribution is 6.30. The van der Waals surface area contributed by atoms with Crippen LogP contribution in [0, 0.1) is 12.8 Å². The Balaban J connectivity index is 1.30. The van der Waals surface area contributed by atoms with Crippen LogP contribution in [-0.4, -0.2) is 33.6 Å². The van der Waals surface area contributed by atoms with E-state index in [0.717, 1.165) is 59.9 Å². The van der Waals surface area contributed by atoms with Gasteiger partial charge in [0.05, 0.1) is 11.7 Å². The summed E-state index contributed by atoms with van der Waals surface area (Å²) in [6, 6.07) is 21.9. The number of aromatic nitrogens is 3. The van der Waals surface area contributed by atoms with Gasteiger partial charge in [0, 0.05) is 47.4 Å². The van der Waals surface area contributed by atoms with Gasteiger partial charge in [-0.1, -0.05) is 54.1 Å². The van der Waals surface area contributed by atoms with Crippen molar-refractivity contribution in [1.82, 2.24) is 19.9 Å². The summed E-state index contributed by atoms with van der Waals surface area (Å²) in [5.74, 6) is 1.17. The second-order valence-electron chi connectivity index (χ2n) is 8.96. The number of fused-ring (bicyclic) bond motifs is 1. The van der Waals surface area contributed by atoms with Gasteiger partial charge in [-0.2, -0.15) is 9.61 Å². The van der Waals surface area contributed by atoms with Crippen LogP contribution in [0.1, 0.15) is 37.1 Å². The number of amides is 1. The summed E-state index contributed by atoms with van der Waals surface area (Å²) in [7, 11) is 0. The minimum atomic E-state index is 0.00423. The van der Waals surface area contributed by atoms with Gasteiger partial charge in [-0.3, -0.25) is 4.79 Å². The third kappa shape index (κ3) is 4.64. The molecule has 1 aliphatic heterocycles. The van der Waals surface area contributed by atoms with Crippen molar-refractivity contribution in [2.24, 2.45) is 5.92 Å². The van der Waals surface area contributed by atoms with Crippen LogP contribution < -0.4 is 10.2 Å². The minimum Gasteiger partial charge on any atom is -0.356 e. The first-order valence-electron chi connectivity index (χ1n) is 11.7. The summed E-state index contributed by atoms with van der Waals surface area (Å²) in [6.45, 7) is 5.64. The van der Waals surface area contributed by atoms with Gasteiger partial charge < -0.3 is 10.2 Å². The Kier molecular flexibility index (Phi) is 6.24. The molecule has 34 heavy (non-hydrogen) atoms. The lowest BCUT2D eigenvalue weighted by atomic mass is 9.95. The lowest BCUT2D eigenvalue weighted by molar-refractivity contribution is -0.126. The number of rotatable bonds is 5. The molecule has 0 unspecified atom stereocenters. The monoisotopic (exact) mass is 473 g/mol. The fraction of sp³-hybridized carbons (Fsp3) is 0.296. The van der Waals surface area contributed by atoms with Gasteiger partial charge in [-0.15, -0.1) is 0 Å². The molecule has 7 heteroatoms. The maximum absolute atomic E-state index is 12.9. The van der Waals surface area contributed by atoms with Crippen LogP contribution in [0.2, 0.25) is 5.02 Å². The van der Waals surface area contributed by atoms with Gasteiger partial charge >= 0.3 is 0 Å². The Bertz CT molecular complexity index is 1290. The number of aryl methyl sites for hydroxylation is 1. The van der Waals surface area contributed by atoms with E-state index in [1.54, 1.807) is 0 Å². The Hall–Kier alpha value is -3.38. The highest BCUT2D eigenvalue weighted by Crippen LogP contribution is 2.28. The third-order valence-electron chi connectivity index (χ3n) is 6.52. The number of hydrogen-bond acceptors (Lipinski definition) is 4. The van der Waals surface area contributed by atoms with E-state index in [4.69, 9.17) is 16.7 Å². The lowest BCUT2D eigenvalue weighted by Gasteiger charge is -2.33. The topological polar surface area (TPSA) is 62.5 Å². The van der Waals surface area contributed by atoms with Gasteiger partial charge in [0.25, 0.3) is 0 Å². The molecule has 0 spiro atoms. The molecule has 5 rings (SSSR count). The summed E-state index contributed by atoms with van der Waals surface area (Å²) in [6.07, 6.45) is 1.61. The van der Waals surface area contributed by atoms with Crippen molar-refractivity contribution >= 4 is 29.0 Å². The number of piperidine rings is 1. The van der Waals surface area contributed by atoms with Gasteiger partial charge in [0.2, 0.25) is 5.91 Å². The number of anilines is 1. The van der Waals surface area contributed by atoms with E-state index in [1.807, 2.05) is 79.0 Å². The minimum absolute atomic E-state index is 0.00423. The number of carbonyl (C=O) groups excluding carboxylic acids is 1. The van der Waals surface area contributed by atoms with Gasteiger partial charge in [0.1, 0.15) is 5.82 Å². The smallest absolute Gasteiger partial charge is 0.223 e. The van der Waals surface area contributed by atoms with E-state index < -0.39 is 0 Å². The molecule has 1 atom stereocenters. The van der Waals surface area contributed by atoms with Crippen molar-refractivity contribution in [2.75, 3.05) is 18.0 Å². The molecule has 2 aromatic carbocycles. The molecule has 1 amide bonds. The molecule has 1 aliphatic rings. The van der Waals surface area contributed by atoms with Crippen molar-refractivity contribution in [1.29, 1.82) is 0 Å². The number of benzene rings is 2. The fourth-order valence-corrected chi connectivity index (χ4v) is 4.72. The fourth-order valence-electron chi connectivity index (χ4n) is 4.59. The predicted octanol–water partition coefficient (Wildman–Crippen LogP) is 5.45. The molecule has 6 nitrogen and oxygen atoms in total. The van der Waals surface area contributed by atoms with Crippen molar-refractivity contribution < 1.29 is 4.79 Å². The summed E-state index contributed by atoms with van der Waals surface area (Å²) in [5, 5.41) is 8.74. The number of carbonyl (C=O) groups is 1. The second-order valence-corrected chi connectivity index (χ2v) is 9.40. The zero-order valence-electron chi connectivity index (χ0n) is 19.4. The van der Waals surface area contributed by atoms with E-state index in [2.05, 4.69) is 21.3 Å². The van der Waals surface area contributed by atoms with Gasteiger partial charge in [-0.25, -0.2) is 4.98 Å². The molecular formula is C27H28ClN5O. The summed E-state index contributed by atoms with van der Waals surface area (Å²) >= 11 is 6.05. The molecular weight excluding hydrogens is 446 g/mol. The van der Waals surface area contributed by atoms with Gasteiger partial charge in [0.15, 0.2) is 5.65 Å². The molecule has 1 fully saturated rings. The van der Waals surface area contributed by atoms with Crippen molar-refractivity contribution in [2.45, 2.75) is 32.7 Å². The second kappa shape index (κ2) is 9.47. The molecule has 4 aromatic rings. The summed E-state index contributed by atoms with van der Waals surface area (Å²) < 4.78 is 1.91. The van der Waals surface area contributed by atoms with Crippen LogP contribution in [0.25, 0.3) is 16.9 Å². The van der Waals surface area contributed by atoms with E-state index in [9.17, 15) is 4.79 Å². The Morgan fingerprint density at radius 2 is 1.76 bits per heavy atom. The zero-order valence-corrected chi connectivity index (χ0v) is 20.2. The number of nitrogens with one attached hydrogen (secondary N) is 1. The zero-order chi connectivity index (χ0) is 23.7. The molecule has 2 aromatic heterocycles. The van der Waals surface area contributed by atoms with Crippen LogP contribution in [0.4, 0.5) is 5.82 Å². The highest BCUT2D eigenvalue weighted by atomic mass is 35.5. The summed E-state index contributed by atoms with van der Waals surface area (Å²) in [4.78, 5) is 19.9. The molecule has 0 aliphatic carbocycles. The number of halogens is 1. The Morgan fingerprint density at radius 1 is 1.06 bits per heavy atom. The van der Waals surface area contributed by atoms with Crippen molar-refractivity contribution in [3.8, 4) is 11.3 Å². The molecule has 0 radical (unpaired) electrons. The summed E-state index contributed by atoms with van der Waals surface area (Å²) in [5.41, 5.74) is 4.75. The van der Waals surface area contributed by atoms with E-state index in [-0.39, 0.29) is 17.9 Å². The van der Waals surface area contributed by atoms with E-state index in [0.29, 0.717) is 5.02 Å². The molecule has 0 saturated carbocycles. The predicted molar refractivity (Wildman–Crippen MR) is 136 cm³/mol. The standard InChI is InChI=1S/C27H28ClN5O/c1-18-16-26(33-25(29-18)17-24(31-33)21-8-10-23(28)11-9-21)32-14-12-22(13-15-32)27(34)30-19(2)20-6-4-3-5-7-20/h3-11,16-17,19,22H,12-15H2,1-2H3,(H,30,34)/t19-/m0/s1. The van der Waals surface area contributed by atoms with Crippen LogP contribution in [0.15, 0.2) is 66.7 Å². The van der Waals surface area contributed by atoms with Crippen LogP contribution in [0.3, 0.4) is 0 Å². The van der Waals surface area contributed by atoms with Crippen molar-refractivity contribution in [3.63, 3.8) is 0 Å². The van der Waals surface area contributed by atoms with E-state index >= 15 is 0 Å². The maximum Gasteiger partial charge on any atom is 0.223 e. The van der Waals surface area contributed by atoms with E-state index in [1.165, 1.54) is 0 Å². The normalized spacial score (nSPS) is 15.4. The molecule has 1 saturated heterocycles. The average Bonchev–Trinajstić information content (AvgIpc) is 3.28. The average molecular weight is 474 g/mol. The quantitative estimate of drug-likeness (QED) is 0.418. The Labute approximate surface area is 204 Å².